The van der Waals surface area contributed by atoms with Crippen LogP contribution in [0, 0.1) is 5.92 Å². The molecule has 4 rings (SSSR count). The monoisotopic (exact) mass is 533 g/mol. The third-order valence-electron chi connectivity index (χ3n) is 6.63. The van der Waals surface area contributed by atoms with Crippen LogP contribution >= 0.6 is 0 Å². The second-order valence-corrected chi connectivity index (χ2v) is 11.0. The molecule has 0 radical (unpaired) electrons. The lowest BCUT2D eigenvalue weighted by Crippen LogP contribution is -2.46. The molecule has 0 spiro atoms. The lowest BCUT2D eigenvalue weighted by molar-refractivity contribution is -0.146. The van der Waals surface area contributed by atoms with E-state index < -0.39 is 23.5 Å². The van der Waals surface area contributed by atoms with Crippen molar-refractivity contribution in [2.24, 2.45) is 5.92 Å². The van der Waals surface area contributed by atoms with E-state index >= 15 is 0 Å². The Morgan fingerprint density at radius 2 is 1.87 bits per heavy atom. The van der Waals surface area contributed by atoms with Gasteiger partial charge in [0, 0.05) is 18.1 Å². The zero-order valence-electron chi connectivity index (χ0n) is 23.0. The van der Waals surface area contributed by atoms with Gasteiger partial charge in [-0.3, -0.25) is 19.7 Å². The number of nitrogens with one attached hydrogen (secondary N) is 3. The lowest BCUT2D eigenvalue weighted by Gasteiger charge is -2.38. The third-order valence-corrected chi connectivity index (χ3v) is 6.63. The first kappa shape index (κ1) is 27.8. The molecule has 0 bridgehead atoms. The molecule has 1 fully saturated rings. The van der Waals surface area contributed by atoms with Gasteiger partial charge in [0.1, 0.15) is 11.4 Å². The van der Waals surface area contributed by atoms with Gasteiger partial charge in [0.25, 0.3) is 0 Å². The number of amides is 3. The summed E-state index contributed by atoms with van der Waals surface area (Å²) in [7, 11) is 0. The molecule has 0 saturated carbocycles. The Balaban J connectivity index is 1.51. The van der Waals surface area contributed by atoms with Crippen LogP contribution < -0.4 is 16.2 Å². The number of benzene rings is 1. The summed E-state index contributed by atoms with van der Waals surface area (Å²) in [6, 6.07) is 10.3. The van der Waals surface area contributed by atoms with Crippen molar-refractivity contribution in [3.05, 3.63) is 64.1 Å². The van der Waals surface area contributed by atoms with E-state index in [-0.39, 0.29) is 17.5 Å². The van der Waals surface area contributed by atoms with E-state index in [9.17, 15) is 19.2 Å². The molecular formula is C29H35N5O5. The normalized spacial score (nSPS) is 17.5. The van der Waals surface area contributed by atoms with Crippen molar-refractivity contribution >= 4 is 40.3 Å². The van der Waals surface area contributed by atoms with Gasteiger partial charge in [0.2, 0.25) is 5.56 Å². The van der Waals surface area contributed by atoms with E-state index in [0.29, 0.717) is 30.0 Å². The van der Waals surface area contributed by atoms with Crippen LogP contribution in [0.1, 0.15) is 64.6 Å². The highest BCUT2D eigenvalue weighted by Crippen LogP contribution is 2.34. The molecule has 3 amide bonds. The number of pyridine rings is 2. The van der Waals surface area contributed by atoms with Crippen molar-refractivity contribution in [3.63, 3.8) is 0 Å². The largest absolute Gasteiger partial charge is 0.444 e. The number of anilines is 2. The predicted octanol–water partition coefficient (Wildman–Crippen LogP) is 4.77. The maximum Gasteiger partial charge on any atom is 0.413 e. The van der Waals surface area contributed by atoms with Crippen LogP contribution in [0.3, 0.4) is 0 Å². The van der Waals surface area contributed by atoms with E-state index in [4.69, 9.17) is 4.74 Å². The Bertz CT molecular complexity index is 1460. The molecule has 2 aromatic heterocycles. The first-order chi connectivity index (χ1) is 18.4. The zero-order chi connectivity index (χ0) is 28.3. The van der Waals surface area contributed by atoms with E-state index in [2.05, 4.69) is 27.5 Å². The number of H-pyrrole nitrogens is 1. The molecular weight excluding hydrogens is 498 g/mol. The van der Waals surface area contributed by atoms with Gasteiger partial charge in [-0.05, 0) is 86.7 Å². The minimum atomic E-state index is -0.754. The number of ether oxygens (including phenoxy) is 1. The van der Waals surface area contributed by atoms with Crippen molar-refractivity contribution in [3.8, 4) is 0 Å². The Hall–Kier alpha value is -4.21. The number of aromatic amines is 1. The van der Waals surface area contributed by atoms with Gasteiger partial charge in [0.05, 0.1) is 17.9 Å². The molecule has 0 aliphatic carbocycles. The first-order valence-corrected chi connectivity index (χ1v) is 13.2. The lowest BCUT2D eigenvalue weighted by atomic mass is 9.89. The Kier molecular flexibility index (Phi) is 8.03. The number of aryl methyl sites for hydroxylation is 1. The van der Waals surface area contributed by atoms with Gasteiger partial charge in [-0.25, -0.2) is 9.78 Å². The summed E-state index contributed by atoms with van der Waals surface area (Å²) >= 11 is 0. The molecule has 1 aliphatic heterocycles. The molecule has 206 valence electrons. The Morgan fingerprint density at radius 3 is 2.59 bits per heavy atom. The fourth-order valence-corrected chi connectivity index (χ4v) is 4.78. The van der Waals surface area contributed by atoms with Gasteiger partial charge in [-0.1, -0.05) is 19.9 Å². The molecule has 2 unspecified atom stereocenters. The second kappa shape index (κ2) is 11.3. The number of fused-ring (bicyclic) bond motifs is 1. The van der Waals surface area contributed by atoms with Crippen LogP contribution in [0.25, 0.3) is 10.9 Å². The minimum absolute atomic E-state index is 0.176. The maximum absolute atomic E-state index is 13.4. The van der Waals surface area contributed by atoms with Crippen LogP contribution in [-0.2, 0) is 20.7 Å². The quantitative estimate of drug-likeness (QED) is 0.414. The fraction of sp³-hybridized carbons (Fsp3) is 0.414. The summed E-state index contributed by atoms with van der Waals surface area (Å²) in [5.74, 6) is -0.793. The topological polar surface area (TPSA) is 133 Å². The number of carbonyl (C=O) groups is 3. The fourth-order valence-electron chi connectivity index (χ4n) is 4.78. The molecule has 3 N–H and O–H groups in total. The summed E-state index contributed by atoms with van der Waals surface area (Å²) in [5.41, 5.74) is 1.84. The number of rotatable bonds is 4. The molecule has 3 heterocycles. The molecule has 3 aromatic rings. The molecule has 39 heavy (non-hydrogen) atoms. The molecule has 10 nitrogen and oxygen atoms in total. The van der Waals surface area contributed by atoms with Crippen LogP contribution in [0.4, 0.5) is 16.3 Å². The van der Waals surface area contributed by atoms with Crippen LogP contribution in [0.2, 0.25) is 0 Å². The van der Waals surface area contributed by atoms with Gasteiger partial charge in [0.15, 0.2) is 0 Å². The van der Waals surface area contributed by atoms with E-state index in [1.54, 1.807) is 37.8 Å². The molecule has 2 atom stereocenters. The summed E-state index contributed by atoms with van der Waals surface area (Å²) in [6.07, 6.45) is 2.96. The smallest absolute Gasteiger partial charge is 0.413 e. The minimum Gasteiger partial charge on any atom is -0.444 e. The zero-order valence-corrected chi connectivity index (χ0v) is 23.0. The van der Waals surface area contributed by atoms with E-state index in [0.717, 1.165) is 29.3 Å². The standard InChI is InChI=1S/C29H35N5O5/c1-6-18-14-21(15-30-25(18)33-28(38)39-29(3,4)5)31-26(36)27(37)34-16-17(2)7-11-23(34)20-8-10-22-19(13-20)9-12-24(35)32-22/h8-10,12-15,17,23H,6-7,11,16H2,1-5H3,(H,31,36)(H,32,35)(H,30,33,38). The summed E-state index contributed by atoms with van der Waals surface area (Å²) in [6.45, 7) is 9.72. The molecule has 1 aliphatic rings. The highest BCUT2D eigenvalue weighted by atomic mass is 16.6. The number of hydrogen-bond donors (Lipinski definition) is 3. The molecule has 1 aromatic carbocycles. The highest BCUT2D eigenvalue weighted by Gasteiger charge is 2.34. The number of likely N-dealkylation sites (tertiary alicyclic amines) is 1. The summed E-state index contributed by atoms with van der Waals surface area (Å²) < 4.78 is 5.29. The highest BCUT2D eigenvalue weighted by molar-refractivity contribution is 6.39. The van der Waals surface area contributed by atoms with E-state index in [1.807, 2.05) is 25.1 Å². The van der Waals surface area contributed by atoms with Crippen LogP contribution in [-0.4, -0.2) is 44.9 Å². The maximum atomic E-state index is 13.4. The van der Waals surface area contributed by atoms with E-state index in [1.165, 1.54) is 12.3 Å². The average Bonchev–Trinajstić information content (AvgIpc) is 2.87. The van der Waals surface area contributed by atoms with Crippen molar-refractivity contribution < 1.29 is 19.1 Å². The number of piperidine rings is 1. The van der Waals surface area contributed by atoms with Gasteiger partial charge < -0.3 is 19.9 Å². The summed E-state index contributed by atoms with van der Waals surface area (Å²) in [5, 5.41) is 6.18. The first-order valence-electron chi connectivity index (χ1n) is 13.2. The Morgan fingerprint density at radius 1 is 1.10 bits per heavy atom. The third kappa shape index (κ3) is 6.81. The molecule has 10 heteroatoms. The van der Waals surface area contributed by atoms with Crippen LogP contribution in [0.5, 0.6) is 0 Å². The van der Waals surface area contributed by atoms with Crippen LogP contribution in [0.15, 0.2) is 47.4 Å². The predicted molar refractivity (Wildman–Crippen MR) is 150 cm³/mol. The summed E-state index contributed by atoms with van der Waals surface area (Å²) in [4.78, 5) is 59.0. The van der Waals surface area contributed by atoms with Crippen molar-refractivity contribution in [2.45, 2.75) is 65.5 Å². The average molecular weight is 534 g/mol. The molecule has 1 saturated heterocycles. The SMILES string of the molecule is CCc1cc(NC(=O)C(=O)N2CC(C)CCC2c2ccc3[nH]c(=O)ccc3c2)cnc1NC(=O)OC(C)(C)C. The Labute approximate surface area is 227 Å². The van der Waals surface area contributed by atoms with Gasteiger partial charge >= 0.3 is 17.9 Å². The number of hydrogen-bond acceptors (Lipinski definition) is 6. The second-order valence-electron chi connectivity index (χ2n) is 11.0. The number of aromatic nitrogens is 2. The van der Waals surface area contributed by atoms with Crippen molar-refractivity contribution in [2.75, 3.05) is 17.2 Å². The van der Waals surface area contributed by atoms with Gasteiger partial charge in [-0.2, -0.15) is 0 Å². The van der Waals surface area contributed by atoms with Crippen molar-refractivity contribution in [1.29, 1.82) is 0 Å². The van der Waals surface area contributed by atoms with Crippen molar-refractivity contribution in [1.82, 2.24) is 14.9 Å². The number of carbonyl (C=O) groups excluding carboxylic acids is 3. The van der Waals surface area contributed by atoms with Gasteiger partial charge in [-0.15, -0.1) is 0 Å². The number of nitrogens with zero attached hydrogens (tertiary/aromatic N) is 2.